The maximum absolute atomic E-state index is 12.7. The second kappa shape index (κ2) is 5.84. The van der Waals surface area contributed by atoms with Crippen LogP contribution in [-0.4, -0.2) is 31.6 Å². The Kier molecular flexibility index (Phi) is 4.11. The van der Waals surface area contributed by atoms with Crippen molar-refractivity contribution in [1.82, 2.24) is 25.1 Å². The Hall–Kier alpha value is -1.96. The first-order valence-corrected chi connectivity index (χ1v) is 7.81. The Morgan fingerprint density at radius 2 is 1.96 bits per heavy atom. The Morgan fingerprint density at radius 1 is 1.21 bits per heavy atom. The Labute approximate surface area is 138 Å². The molecule has 0 bridgehead atoms. The minimum absolute atomic E-state index is 0.0375. The summed E-state index contributed by atoms with van der Waals surface area (Å²) < 4.78 is 38.1. The molecule has 0 atom stereocenters. The third-order valence-electron chi connectivity index (χ3n) is 4.13. The van der Waals surface area contributed by atoms with Gasteiger partial charge in [-0.3, -0.25) is 10.00 Å². The van der Waals surface area contributed by atoms with E-state index in [1.165, 1.54) is 6.20 Å². The number of hydrogen-bond donors (Lipinski definition) is 1. The van der Waals surface area contributed by atoms with Crippen molar-refractivity contribution in [3.05, 3.63) is 40.7 Å². The zero-order chi connectivity index (χ0) is 17.5. The van der Waals surface area contributed by atoms with E-state index in [0.717, 1.165) is 16.8 Å². The van der Waals surface area contributed by atoms with Crippen molar-refractivity contribution in [2.75, 3.05) is 6.54 Å². The van der Waals surface area contributed by atoms with Gasteiger partial charge in [-0.1, -0.05) is 20.8 Å². The SMILES string of the molecule is CC(C)(C)c1[nH]ncc1CN1CCc2nc(C(F)(F)F)ncc2C1. The van der Waals surface area contributed by atoms with Crippen LogP contribution in [0.3, 0.4) is 0 Å². The molecule has 0 spiro atoms. The van der Waals surface area contributed by atoms with Gasteiger partial charge in [0.2, 0.25) is 5.82 Å². The number of aromatic amines is 1. The number of aromatic nitrogens is 4. The maximum atomic E-state index is 12.7. The van der Waals surface area contributed by atoms with Gasteiger partial charge in [-0.15, -0.1) is 0 Å². The number of nitrogens with zero attached hydrogens (tertiary/aromatic N) is 4. The van der Waals surface area contributed by atoms with E-state index in [1.807, 2.05) is 6.20 Å². The lowest BCUT2D eigenvalue weighted by molar-refractivity contribution is -0.145. The van der Waals surface area contributed by atoms with E-state index in [2.05, 4.69) is 45.8 Å². The normalized spacial score (nSPS) is 16.2. The highest BCUT2D eigenvalue weighted by atomic mass is 19.4. The lowest BCUT2D eigenvalue weighted by atomic mass is 9.89. The quantitative estimate of drug-likeness (QED) is 0.913. The van der Waals surface area contributed by atoms with Crippen LogP contribution in [0, 0.1) is 0 Å². The molecule has 5 nitrogen and oxygen atoms in total. The second-order valence-electron chi connectivity index (χ2n) is 7.14. The number of hydrogen-bond acceptors (Lipinski definition) is 4. The third-order valence-corrected chi connectivity index (χ3v) is 4.13. The fraction of sp³-hybridized carbons (Fsp3) is 0.562. The van der Waals surface area contributed by atoms with Crippen LogP contribution in [-0.2, 0) is 31.1 Å². The summed E-state index contributed by atoms with van der Waals surface area (Å²) in [5.41, 5.74) is 3.41. The van der Waals surface area contributed by atoms with Crippen LogP contribution in [0.2, 0.25) is 0 Å². The zero-order valence-corrected chi connectivity index (χ0v) is 13.9. The molecule has 0 aromatic carbocycles. The molecule has 2 aromatic heterocycles. The molecule has 8 heteroatoms. The summed E-state index contributed by atoms with van der Waals surface area (Å²) in [5, 5.41) is 7.19. The third kappa shape index (κ3) is 3.43. The van der Waals surface area contributed by atoms with Crippen molar-refractivity contribution in [1.29, 1.82) is 0 Å². The van der Waals surface area contributed by atoms with Crippen LogP contribution < -0.4 is 0 Å². The second-order valence-corrected chi connectivity index (χ2v) is 7.14. The lowest BCUT2D eigenvalue weighted by Crippen LogP contribution is -2.32. The van der Waals surface area contributed by atoms with Crippen molar-refractivity contribution < 1.29 is 13.2 Å². The first-order chi connectivity index (χ1) is 11.1. The molecule has 0 radical (unpaired) electrons. The summed E-state index contributed by atoms with van der Waals surface area (Å²) in [6.07, 6.45) is -0.884. The summed E-state index contributed by atoms with van der Waals surface area (Å²) in [6.45, 7) is 8.24. The van der Waals surface area contributed by atoms with Crippen molar-refractivity contribution in [2.24, 2.45) is 0 Å². The summed E-state index contributed by atoms with van der Waals surface area (Å²) in [5.74, 6) is -1.06. The Balaban J connectivity index is 1.76. The minimum atomic E-state index is -4.50. The van der Waals surface area contributed by atoms with Crippen molar-refractivity contribution in [3.63, 3.8) is 0 Å². The van der Waals surface area contributed by atoms with Gasteiger partial charge < -0.3 is 0 Å². The van der Waals surface area contributed by atoms with Gasteiger partial charge in [0.05, 0.1) is 11.9 Å². The lowest BCUT2D eigenvalue weighted by Gasteiger charge is -2.29. The van der Waals surface area contributed by atoms with Gasteiger partial charge in [0.25, 0.3) is 0 Å². The maximum Gasteiger partial charge on any atom is 0.451 e. The van der Waals surface area contributed by atoms with Crippen molar-refractivity contribution >= 4 is 0 Å². The zero-order valence-electron chi connectivity index (χ0n) is 13.9. The molecular formula is C16H20F3N5. The van der Waals surface area contributed by atoms with Gasteiger partial charge in [0.15, 0.2) is 0 Å². The molecule has 0 fully saturated rings. The number of halogens is 3. The molecule has 1 N–H and O–H groups in total. The molecule has 0 saturated heterocycles. The molecule has 130 valence electrons. The van der Waals surface area contributed by atoms with Gasteiger partial charge in [-0.2, -0.15) is 18.3 Å². The molecule has 0 amide bonds. The number of H-pyrrole nitrogens is 1. The van der Waals surface area contributed by atoms with Crippen molar-refractivity contribution in [2.45, 2.75) is 51.9 Å². The average molecular weight is 339 g/mol. The monoisotopic (exact) mass is 339 g/mol. The number of nitrogens with one attached hydrogen (secondary N) is 1. The van der Waals surface area contributed by atoms with E-state index >= 15 is 0 Å². The van der Waals surface area contributed by atoms with E-state index in [9.17, 15) is 13.2 Å². The Bertz CT molecular complexity index is 730. The molecule has 3 heterocycles. The van der Waals surface area contributed by atoms with E-state index in [0.29, 0.717) is 31.7 Å². The minimum Gasteiger partial charge on any atom is -0.294 e. The summed E-state index contributed by atoms with van der Waals surface area (Å²) in [4.78, 5) is 9.34. The first kappa shape index (κ1) is 16.9. The predicted octanol–water partition coefficient (Wildman–Crippen LogP) is 3.07. The topological polar surface area (TPSA) is 57.7 Å². The van der Waals surface area contributed by atoms with Gasteiger partial charge >= 0.3 is 6.18 Å². The number of rotatable bonds is 2. The van der Waals surface area contributed by atoms with Crippen molar-refractivity contribution in [3.8, 4) is 0 Å². The largest absolute Gasteiger partial charge is 0.451 e. The average Bonchev–Trinajstić information content (AvgIpc) is 2.94. The van der Waals surface area contributed by atoms with E-state index in [1.54, 1.807) is 0 Å². The first-order valence-electron chi connectivity index (χ1n) is 7.81. The highest BCUT2D eigenvalue weighted by Gasteiger charge is 2.35. The smallest absolute Gasteiger partial charge is 0.294 e. The van der Waals surface area contributed by atoms with Gasteiger partial charge in [-0.05, 0) is 0 Å². The molecule has 24 heavy (non-hydrogen) atoms. The molecular weight excluding hydrogens is 319 g/mol. The fourth-order valence-electron chi connectivity index (χ4n) is 2.97. The van der Waals surface area contributed by atoms with Gasteiger partial charge in [0, 0.05) is 54.5 Å². The molecule has 3 rings (SSSR count). The molecule has 0 saturated carbocycles. The highest BCUT2D eigenvalue weighted by Crippen LogP contribution is 2.29. The molecule has 1 aliphatic heterocycles. The van der Waals surface area contributed by atoms with E-state index < -0.39 is 12.0 Å². The summed E-state index contributed by atoms with van der Waals surface area (Å²) in [7, 11) is 0. The fourth-order valence-corrected chi connectivity index (χ4v) is 2.97. The van der Waals surface area contributed by atoms with Gasteiger partial charge in [0.1, 0.15) is 0 Å². The molecule has 0 unspecified atom stereocenters. The van der Waals surface area contributed by atoms with Crippen LogP contribution in [0.15, 0.2) is 12.4 Å². The Morgan fingerprint density at radius 3 is 2.62 bits per heavy atom. The van der Waals surface area contributed by atoms with Crippen LogP contribution in [0.25, 0.3) is 0 Å². The number of alkyl halides is 3. The summed E-state index contributed by atoms with van der Waals surface area (Å²) >= 11 is 0. The molecule has 0 aliphatic carbocycles. The van der Waals surface area contributed by atoms with Gasteiger partial charge in [-0.25, -0.2) is 9.97 Å². The van der Waals surface area contributed by atoms with Crippen LogP contribution in [0.5, 0.6) is 0 Å². The highest BCUT2D eigenvalue weighted by molar-refractivity contribution is 5.25. The molecule has 2 aromatic rings. The van der Waals surface area contributed by atoms with E-state index in [-0.39, 0.29) is 5.41 Å². The molecule has 1 aliphatic rings. The van der Waals surface area contributed by atoms with Crippen LogP contribution >= 0.6 is 0 Å². The van der Waals surface area contributed by atoms with Crippen LogP contribution in [0.4, 0.5) is 13.2 Å². The predicted molar refractivity (Wildman–Crippen MR) is 82.1 cm³/mol. The van der Waals surface area contributed by atoms with Crippen LogP contribution in [0.1, 0.15) is 49.1 Å². The van der Waals surface area contributed by atoms with E-state index in [4.69, 9.17) is 0 Å². The summed E-state index contributed by atoms with van der Waals surface area (Å²) in [6, 6.07) is 0. The number of fused-ring (bicyclic) bond motifs is 1. The standard InChI is InChI=1S/C16H20F3N5/c1-15(2,3)13-11(7-21-23-13)9-24-5-4-12-10(8-24)6-20-14(22-12)16(17,18)19/h6-7H,4-5,8-9H2,1-3H3,(H,21,23).